The molecule has 0 unspecified atom stereocenters. The first-order valence-electron chi connectivity index (χ1n) is 9.56. The number of aliphatic hydroxyl groups excluding tert-OH is 2. The van der Waals surface area contributed by atoms with Gasteiger partial charge >= 0.3 is 5.97 Å². The van der Waals surface area contributed by atoms with E-state index >= 15 is 0 Å². The van der Waals surface area contributed by atoms with E-state index < -0.39 is 35.9 Å². The lowest BCUT2D eigenvalue weighted by atomic mass is 9.97. The van der Waals surface area contributed by atoms with Crippen LogP contribution in [-0.2, 0) is 30.3 Å². The van der Waals surface area contributed by atoms with Gasteiger partial charge in [-0.05, 0) is 26.3 Å². The Bertz CT molecular complexity index is 599. The van der Waals surface area contributed by atoms with Crippen LogP contribution in [0.15, 0.2) is 30.3 Å². The van der Waals surface area contributed by atoms with Crippen LogP contribution in [0.5, 0.6) is 0 Å². The largest absolute Gasteiger partial charge is 0.462 e. The third-order valence-corrected chi connectivity index (χ3v) is 4.67. The maximum atomic E-state index is 12.1. The molecule has 1 aliphatic heterocycles. The summed E-state index contributed by atoms with van der Waals surface area (Å²) in [5.74, 6) is -0.328. The van der Waals surface area contributed by atoms with Gasteiger partial charge in [-0.3, -0.25) is 4.79 Å². The Balaban J connectivity index is 2.09. The second-order valence-electron chi connectivity index (χ2n) is 8.10. The average Bonchev–Trinajstić information content (AvgIpc) is 3.00. The number of methoxy groups -OCH3 is 1. The van der Waals surface area contributed by atoms with E-state index in [0.29, 0.717) is 6.61 Å². The second-order valence-corrected chi connectivity index (χ2v) is 8.10. The summed E-state index contributed by atoms with van der Waals surface area (Å²) in [5.41, 5.74) is 0.383. The first-order chi connectivity index (χ1) is 13.3. The van der Waals surface area contributed by atoms with Gasteiger partial charge in [-0.2, -0.15) is 0 Å². The molecule has 1 aromatic carbocycles. The van der Waals surface area contributed by atoms with E-state index in [0.717, 1.165) is 5.56 Å². The summed E-state index contributed by atoms with van der Waals surface area (Å²) in [5, 5.41) is 19.0. The topological polar surface area (TPSA) is 94.5 Å². The Labute approximate surface area is 166 Å². The summed E-state index contributed by atoms with van der Waals surface area (Å²) in [6.07, 6.45) is -2.67. The van der Waals surface area contributed by atoms with Crippen LogP contribution >= 0.6 is 0 Å². The summed E-state index contributed by atoms with van der Waals surface area (Å²) in [7, 11) is 1.55. The van der Waals surface area contributed by atoms with Crippen LogP contribution in [0, 0.1) is 5.41 Å². The third kappa shape index (κ3) is 6.25. The van der Waals surface area contributed by atoms with Gasteiger partial charge in [0, 0.05) is 13.5 Å². The molecule has 158 valence electrons. The van der Waals surface area contributed by atoms with Gasteiger partial charge < -0.3 is 29.2 Å². The van der Waals surface area contributed by atoms with E-state index in [1.807, 2.05) is 30.3 Å². The van der Waals surface area contributed by atoms with Crippen LogP contribution in [0.1, 0.15) is 32.8 Å². The SMILES string of the molecule is CO[C@@H]1[C@@H](OCc2ccccc2)[C@H](COC(=O)C(C)(C)C)O[C@@H]1C[C@H](O)CO. The molecule has 1 fully saturated rings. The van der Waals surface area contributed by atoms with Crippen molar-refractivity contribution in [2.24, 2.45) is 5.41 Å². The Hall–Kier alpha value is -1.51. The molecule has 1 saturated heterocycles. The van der Waals surface area contributed by atoms with Crippen LogP contribution < -0.4 is 0 Å². The smallest absolute Gasteiger partial charge is 0.311 e. The molecule has 7 nitrogen and oxygen atoms in total. The number of rotatable bonds is 9. The van der Waals surface area contributed by atoms with Crippen molar-refractivity contribution in [3.63, 3.8) is 0 Å². The molecule has 0 aliphatic carbocycles. The molecule has 0 bridgehead atoms. The van der Waals surface area contributed by atoms with Crippen LogP contribution in [0.4, 0.5) is 0 Å². The lowest BCUT2D eigenvalue weighted by molar-refractivity contribution is -0.159. The van der Waals surface area contributed by atoms with Crippen LogP contribution in [-0.4, -0.2) is 67.0 Å². The Kier molecular flexibility index (Phi) is 8.39. The number of ether oxygens (including phenoxy) is 4. The molecule has 0 radical (unpaired) electrons. The fourth-order valence-corrected chi connectivity index (χ4v) is 3.10. The van der Waals surface area contributed by atoms with Crippen molar-refractivity contribution in [1.82, 2.24) is 0 Å². The van der Waals surface area contributed by atoms with Crippen molar-refractivity contribution >= 4 is 5.97 Å². The fourth-order valence-electron chi connectivity index (χ4n) is 3.10. The Morgan fingerprint density at radius 1 is 1.18 bits per heavy atom. The van der Waals surface area contributed by atoms with Gasteiger partial charge in [0.15, 0.2) is 0 Å². The standard InChI is InChI=1S/C21H32O7/c1-21(2,3)20(24)27-13-17-19(26-12-14-8-6-5-7-9-14)18(25-4)16(28-17)10-15(23)11-22/h5-9,15-19,22-23H,10-13H2,1-4H3/t15-,16+,17-,18-,19-/m0/s1. The van der Waals surface area contributed by atoms with Crippen molar-refractivity contribution in [2.75, 3.05) is 20.3 Å². The number of hydrogen-bond acceptors (Lipinski definition) is 7. The van der Waals surface area contributed by atoms with E-state index in [9.17, 15) is 9.90 Å². The number of carbonyl (C=O) groups is 1. The minimum Gasteiger partial charge on any atom is -0.462 e. The van der Waals surface area contributed by atoms with E-state index in [2.05, 4.69) is 0 Å². The average molecular weight is 396 g/mol. The summed E-state index contributed by atoms with van der Waals surface area (Å²) >= 11 is 0. The lowest BCUT2D eigenvalue weighted by Crippen LogP contribution is -2.40. The van der Waals surface area contributed by atoms with Crippen LogP contribution in [0.3, 0.4) is 0 Å². The monoisotopic (exact) mass is 396 g/mol. The van der Waals surface area contributed by atoms with Crippen molar-refractivity contribution in [3.05, 3.63) is 35.9 Å². The highest BCUT2D eigenvalue weighted by Gasteiger charge is 2.47. The molecule has 0 amide bonds. The molecule has 2 rings (SSSR count). The number of carbonyl (C=O) groups excluding carboxylic acids is 1. The molecule has 28 heavy (non-hydrogen) atoms. The van der Waals surface area contributed by atoms with Gasteiger partial charge in [0.25, 0.3) is 0 Å². The molecular formula is C21H32O7. The summed E-state index contributed by atoms with van der Waals surface area (Å²) in [6.45, 7) is 5.37. The lowest BCUT2D eigenvalue weighted by Gasteiger charge is -2.24. The van der Waals surface area contributed by atoms with Gasteiger partial charge in [0.1, 0.15) is 24.9 Å². The van der Waals surface area contributed by atoms with E-state index in [1.54, 1.807) is 27.9 Å². The Morgan fingerprint density at radius 3 is 2.43 bits per heavy atom. The predicted molar refractivity (Wildman–Crippen MR) is 103 cm³/mol. The van der Waals surface area contributed by atoms with Crippen LogP contribution in [0.25, 0.3) is 0 Å². The number of aliphatic hydroxyl groups is 2. The minimum absolute atomic E-state index is 0.0289. The third-order valence-electron chi connectivity index (χ3n) is 4.67. The van der Waals surface area contributed by atoms with E-state index in [1.165, 1.54) is 0 Å². The minimum atomic E-state index is -0.923. The summed E-state index contributed by atoms with van der Waals surface area (Å²) in [4.78, 5) is 12.1. The zero-order valence-electron chi connectivity index (χ0n) is 17.0. The molecule has 7 heteroatoms. The maximum absolute atomic E-state index is 12.1. The summed E-state index contributed by atoms with van der Waals surface area (Å²) in [6, 6.07) is 9.71. The molecule has 0 aromatic heterocycles. The molecule has 1 aliphatic rings. The van der Waals surface area contributed by atoms with Gasteiger partial charge in [0.05, 0.1) is 30.8 Å². The maximum Gasteiger partial charge on any atom is 0.311 e. The predicted octanol–water partition coefficient (Wildman–Crippen LogP) is 1.69. The molecule has 1 heterocycles. The van der Waals surface area contributed by atoms with Crippen molar-refractivity contribution in [3.8, 4) is 0 Å². The molecule has 5 atom stereocenters. The van der Waals surface area contributed by atoms with Crippen molar-refractivity contribution in [2.45, 2.75) is 64.3 Å². The van der Waals surface area contributed by atoms with E-state index in [-0.39, 0.29) is 25.6 Å². The van der Waals surface area contributed by atoms with Gasteiger partial charge in [-0.25, -0.2) is 0 Å². The fraction of sp³-hybridized carbons (Fsp3) is 0.667. The number of esters is 1. The highest BCUT2D eigenvalue weighted by molar-refractivity contribution is 5.75. The molecular weight excluding hydrogens is 364 g/mol. The number of benzene rings is 1. The Morgan fingerprint density at radius 2 is 1.86 bits per heavy atom. The highest BCUT2D eigenvalue weighted by Crippen LogP contribution is 2.30. The van der Waals surface area contributed by atoms with Gasteiger partial charge in [-0.15, -0.1) is 0 Å². The zero-order chi connectivity index (χ0) is 20.7. The summed E-state index contributed by atoms with van der Waals surface area (Å²) < 4.78 is 23.1. The normalized spacial score (nSPS) is 26.2. The van der Waals surface area contributed by atoms with Crippen LogP contribution in [0.2, 0.25) is 0 Å². The molecule has 0 spiro atoms. The second kappa shape index (κ2) is 10.3. The molecule has 1 aromatic rings. The number of hydrogen-bond donors (Lipinski definition) is 2. The first-order valence-corrected chi connectivity index (χ1v) is 9.56. The van der Waals surface area contributed by atoms with Crippen molar-refractivity contribution in [1.29, 1.82) is 0 Å². The quantitative estimate of drug-likeness (QED) is 0.614. The van der Waals surface area contributed by atoms with E-state index in [4.69, 9.17) is 24.1 Å². The molecule has 2 N–H and O–H groups in total. The first kappa shape index (κ1) is 22.8. The highest BCUT2D eigenvalue weighted by atomic mass is 16.6. The van der Waals surface area contributed by atoms with Crippen molar-refractivity contribution < 1.29 is 34.0 Å². The molecule has 0 saturated carbocycles. The zero-order valence-corrected chi connectivity index (χ0v) is 17.0. The van der Waals surface area contributed by atoms with Gasteiger partial charge in [0.2, 0.25) is 0 Å². The van der Waals surface area contributed by atoms with Gasteiger partial charge in [-0.1, -0.05) is 30.3 Å².